The third-order valence-corrected chi connectivity index (χ3v) is 12.0. The Balaban J connectivity index is 1.44. The van der Waals surface area contributed by atoms with Crippen molar-refractivity contribution in [3.8, 4) is 0 Å². The molecule has 1 aliphatic rings. The highest BCUT2D eigenvalue weighted by atomic mass is 16.1. The van der Waals surface area contributed by atoms with E-state index in [0.717, 1.165) is 51.7 Å². The van der Waals surface area contributed by atoms with E-state index in [1.54, 1.807) is 0 Å². The zero-order valence-corrected chi connectivity index (χ0v) is 37.6. The van der Waals surface area contributed by atoms with Gasteiger partial charge in [0.15, 0.2) is 0 Å². The second kappa shape index (κ2) is 38.3. The number of rotatable bonds is 41. The molecule has 0 saturated heterocycles. The summed E-state index contributed by atoms with van der Waals surface area (Å²) in [6.45, 7) is 3.00. The molecule has 0 aliphatic carbocycles. The first-order valence-corrected chi connectivity index (χ1v) is 24.8. The first-order valence-electron chi connectivity index (χ1n) is 24.8. The highest BCUT2D eigenvalue weighted by Gasteiger charge is 2.17. The van der Waals surface area contributed by atoms with Gasteiger partial charge in [0.1, 0.15) is 0 Å². The number of amides is 2. The molecule has 6 nitrogen and oxygen atoms in total. The third kappa shape index (κ3) is 31.1. The van der Waals surface area contributed by atoms with Crippen LogP contribution in [-0.4, -0.2) is 29.1 Å². The first-order chi connectivity index (χ1) is 28.6. The zero-order valence-electron chi connectivity index (χ0n) is 37.6. The molecule has 0 fully saturated rings. The van der Waals surface area contributed by atoms with Crippen LogP contribution in [0.15, 0.2) is 53.6 Å². The highest BCUT2D eigenvalue weighted by Crippen LogP contribution is 2.21. The summed E-state index contributed by atoms with van der Waals surface area (Å²) in [7, 11) is 0. The number of primary amides is 2. The second-order valence-electron chi connectivity index (χ2n) is 17.5. The molecule has 1 aliphatic heterocycles. The summed E-state index contributed by atoms with van der Waals surface area (Å²) in [5.41, 5.74) is 13.3. The van der Waals surface area contributed by atoms with Crippen LogP contribution >= 0.6 is 0 Å². The number of allylic oxidation sites excluding steroid dienone is 4. The van der Waals surface area contributed by atoms with Crippen molar-refractivity contribution in [2.24, 2.45) is 16.5 Å². The summed E-state index contributed by atoms with van der Waals surface area (Å²) in [6.07, 6.45) is 54.2. The van der Waals surface area contributed by atoms with E-state index in [-0.39, 0.29) is 11.8 Å². The number of benzene rings is 1. The van der Waals surface area contributed by atoms with E-state index in [1.807, 2.05) is 0 Å². The fourth-order valence-electron chi connectivity index (χ4n) is 8.30. The molecule has 2 amide bonds. The molecule has 1 heterocycles. The number of carbonyl (C=O) groups excluding carboxylic acids is 2. The maximum atomic E-state index is 10.8. The molecule has 0 spiro atoms. The standard InChI is InChI=1S/C52H90N4O2/c53-50(57)42-34-30-26-22-18-14-10-6-2-1-5-9-13-17-21-25-29-33-39-45-56-47-49-41-38-37-40-48(49)46-55-52(56)44-36-32-28-24-20-16-12-8-4-3-7-11-15-19-23-27-31-35-43-51(54)58/h5,8-9,12,37-38,40-41H,1-4,6-7,10-11,13-36,39,42-47H2,(H2,53,57)(H2,54,58). The Hall–Kier alpha value is -2.89. The van der Waals surface area contributed by atoms with Crippen LogP contribution in [0.4, 0.5) is 0 Å². The van der Waals surface area contributed by atoms with Crippen molar-refractivity contribution < 1.29 is 9.59 Å². The van der Waals surface area contributed by atoms with Crippen LogP contribution in [-0.2, 0) is 22.7 Å². The highest BCUT2D eigenvalue weighted by molar-refractivity contribution is 5.82. The van der Waals surface area contributed by atoms with Gasteiger partial charge in [-0.2, -0.15) is 0 Å². The molecular formula is C52H90N4O2. The van der Waals surface area contributed by atoms with Gasteiger partial charge in [-0.25, -0.2) is 0 Å². The molecule has 6 heteroatoms. The Morgan fingerprint density at radius 1 is 0.466 bits per heavy atom. The molecule has 0 atom stereocenters. The SMILES string of the molecule is NC(=O)CCCCCCCCCCCC=CCCCCCCCCN1Cc2ccccc2CN=C1CCCCCCCC=CCCCCCCCCCCCC(N)=O. The lowest BCUT2D eigenvalue weighted by atomic mass is 10.0. The van der Waals surface area contributed by atoms with Crippen LogP contribution in [0.1, 0.15) is 242 Å². The molecular weight excluding hydrogens is 713 g/mol. The summed E-state index contributed by atoms with van der Waals surface area (Å²) in [5.74, 6) is 1.03. The van der Waals surface area contributed by atoms with Crippen molar-refractivity contribution in [3.05, 3.63) is 59.7 Å². The van der Waals surface area contributed by atoms with E-state index < -0.39 is 0 Å². The fraction of sp³-hybridized carbons (Fsp3) is 0.750. The van der Waals surface area contributed by atoms with Crippen LogP contribution in [0, 0.1) is 0 Å². The third-order valence-electron chi connectivity index (χ3n) is 12.0. The lowest BCUT2D eigenvalue weighted by Crippen LogP contribution is -2.31. The van der Waals surface area contributed by atoms with Crippen molar-refractivity contribution in [1.29, 1.82) is 0 Å². The Morgan fingerprint density at radius 3 is 1.22 bits per heavy atom. The number of hydrogen-bond donors (Lipinski definition) is 2. The van der Waals surface area contributed by atoms with E-state index in [9.17, 15) is 9.59 Å². The number of nitrogens with two attached hydrogens (primary N) is 2. The first kappa shape index (κ1) is 51.3. The lowest BCUT2D eigenvalue weighted by molar-refractivity contribution is -0.119. The second-order valence-corrected chi connectivity index (χ2v) is 17.5. The molecule has 0 bridgehead atoms. The van der Waals surface area contributed by atoms with E-state index in [2.05, 4.69) is 53.5 Å². The van der Waals surface area contributed by atoms with Crippen LogP contribution in [0.5, 0.6) is 0 Å². The number of amidine groups is 1. The van der Waals surface area contributed by atoms with Gasteiger partial charge in [-0.3, -0.25) is 14.6 Å². The maximum absolute atomic E-state index is 10.8. The number of nitrogens with zero attached hydrogens (tertiary/aromatic N) is 2. The fourth-order valence-corrected chi connectivity index (χ4v) is 8.30. The average Bonchev–Trinajstić information content (AvgIpc) is 3.39. The quantitative estimate of drug-likeness (QED) is 0.0509. The van der Waals surface area contributed by atoms with Crippen molar-refractivity contribution in [2.45, 2.75) is 244 Å². The summed E-state index contributed by atoms with van der Waals surface area (Å²) >= 11 is 0. The van der Waals surface area contributed by atoms with E-state index in [1.165, 1.54) is 203 Å². The van der Waals surface area contributed by atoms with E-state index in [0.29, 0.717) is 12.8 Å². The number of carbonyl (C=O) groups is 2. The summed E-state index contributed by atoms with van der Waals surface area (Å²) in [6, 6.07) is 8.95. The molecule has 0 unspecified atom stereocenters. The molecule has 0 saturated carbocycles. The number of unbranched alkanes of at least 4 members (excludes halogenated alkanes) is 29. The van der Waals surface area contributed by atoms with Gasteiger partial charge in [0.2, 0.25) is 11.8 Å². The topological polar surface area (TPSA) is 102 Å². The summed E-state index contributed by atoms with van der Waals surface area (Å²) in [4.78, 5) is 29.4. The molecule has 58 heavy (non-hydrogen) atoms. The molecule has 1 aromatic rings. The van der Waals surface area contributed by atoms with Crippen LogP contribution in [0.2, 0.25) is 0 Å². The molecule has 0 radical (unpaired) electrons. The van der Waals surface area contributed by atoms with Crippen molar-refractivity contribution in [3.63, 3.8) is 0 Å². The van der Waals surface area contributed by atoms with Crippen LogP contribution in [0.3, 0.4) is 0 Å². The van der Waals surface area contributed by atoms with Gasteiger partial charge in [-0.05, 0) is 88.2 Å². The van der Waals surface area contributed by atoms with Crippen molar-refractivity contribution in [2.75, 3.05) is 6.54 Å². The van der Waals surface area contributed by atoms with Gasteiger partial charge < -0.3 is 16.4 Å². The minimum Gasteiger partial charge on any atom is -0.370 e. The lowest BCUT2D eigenvalue weighted by Gasteiger charge is -2.25. The Labute approximate surface area is 357 Å². The van der Waals surface area contributed by atoms with Gasteiger partial charge >= 0.3 is 0 Å². The zero-order chi connectivity index (χ0) is 41.4. The van der Waals surface area contributed by atoms with Crippen molar-refractivity contribution in [1.82, 2.24) is 4.90 Å². The Kier molecular flexibility index (Phi) is 33.9. The normalized spacial score (nSPS) is 13.0. The monoisotopic (exact) mass is 803 g/mol. The predicted octanol–water partition coefficient (Wildman–Crippen LogP) is 14.5. The van der Waals surface area contributed by atoms with Gasteiger partial charge in [0.25, 0.3) is 0 Å². The smallest absolute Gasteiger partial charge is 0.217 e. The van der Waals surface area contributed by atoms with Gasteiger partial charge in [-0.15, -0.1) is 0 Å². The molecule has 2 rings (SSSR count). The van der Waals surface area contributed by atoms with Gasteiger partial charge in [0.05, 0.1) is 12.4 Å². The molecule has 1 aromatic carbocycles. The number of fused-ring (bicyclic) bond motifs is 1. The van der Waals surface area contributed by atoms with Gasteiger partial charge in [-0.1, -0.05) is 183 Å². The minimum absolute atomic E-state index is 0.161. The van der Waals surface area contributed by atoms with Crippen LogP contribution in [0.25, 0.3) is 0 Å². The summed E-state index contributed by atoms with van der Waals surface area (Å²) < 4.78 is 0. The predicted molar refractivity (Wildman–Crippen MR) is 251 cm³/mol. The van der Waals surface area contributed by atoms with E-state index in [4.69, 9.17) is 16.5 Å². The Morgan fingerprint density at radius 2 is 0.810 bits per heavy atom. The molecule has 330 valence electrons. The van der Waals surface area contributed by atoms with Crippen LogP contribution < -0.4 is 11.5 Å². The minimum atomic E-state index is -0.161. The van der Waals surface area contributed by atoms with E-state index >= 15 is 0 Å². The number of hydrogen-bond acceptors (Lipinski definition) is 4. The Bertz CT molecular complexity index is 1220. The van der Waals surface area contributed by atoms with Crippen molar-refractivity contribution >= 4 is 17.6 Å². The maximum Gasteiger partial charge on any atom is 0.217 e. The summed E-state index contributed by atoms with van der Waals surface area (Å²) in [5, 5.41) is 0. The molecule has 0 aromatic heterocycles. The average molecular weight is 803 g/mol. The van der Waals surface area contributed by atoms with Gasteiger partial charge in [0, 0.05) is 32.4 Å². The number of aliphatic imine (C=N–C) groups is 1. The largest absolute Gasteiger partial charge is 0.370 e. The molecule has 4 N–H and O–H groups in total.